The summed E-state index contributed by atoms with van der Waals surface area (Å²) in [7, 11) is 0. The number of carbonyl (C=O) groups excluding carboxylic acids is 1. The number of piperidine rings is 1. The van der Waals surface area contributed by atoms with Gasteiger partial charge in [-0.25, -0.2) is 8.78 Å². The van der Waals surface area contributed by atoms with Crippen molar-refractivity contribution in [2.75, 3.05) is 45.9 Å². The molecule has 3 fully saturated rings. The summed E-state index contributed by atoms with van der Waals surface area (Å²) in [5, 5.41) is 1.89. The fourth-order valence-electron chi connectivity index (χ4n) is 4.89. The number of amides is 1. The molecular weight excluding hydrogens is 364 g/mol. The lowest BCUT2D eigenvalue weighted by atomic mass is 9.79. The van der Waals surface area contributed by atoms with Crippen molar-refractivity contribution in [1.82, 2.24) is 14.9 Å². The number of likely N-dealkylation sites (tertiary alicyclic amines) is 2. The van der Waals surface area contributed by atoms with Crippen LogP contribution in [-0.4, -0.2) is 66.6 Å². The molecule has 154 valence electrons. The first-order valence-corrected chi connectivity index (χ1v) is 10.4. The number of nitrogens with zero attached hydrogens (tertiary/aromatic N) is 3. The van der Waals surface area contributed by atoms with Crippen LogP contribution in [0.5, 0.6) is 0 Å². The van der Waals surface area contributed by atoms with Crippen molar-refractivity contribution in [1.29, 1.82) is 0 Å². The second-order valence-electron chi connectivity index (χ2n) is 8.46. The summed E-state index contributed by atoms with van der Waals surface area (Å²) in [6.07, 6.45) is 4.63. The molecule has 0 saturated carbocycles. The van der Waals surface area contributed by atoms with Crippen LogP contribution in [-0.2, 0) is 16.2 Å². The molecule has 28 heavy (non-hydrogen) atoms. The van der Waals surface area contributed by atoms with Crippen molar-refractivity contribution in [2.45, 2.75) is 38.6 Å². The van der Waals surface area contributed by atoms with Crippen LogP contribution in [0, 0.1) is 17.0 Å². The Morgan fingerprint density at radius 3 is 2.82 bits per heavy atom. The summed E-state index contributed by atoms with van der Waals surface area (Å²) in [4.78, 5) is 22.3. The van der Waals surface area contributed by atoms with Gasteiger partial charge in [-0.2, -0.15) is 5.06 Å². The molecule has 1 amide bonds. The molecule has 1 unspecified atom stereocenters. The monoisotopic (exact) mass is 393 g/mol. The van der Waals surface area contributed by atoms with E-state index >= 15 is 0 Å². The van der Waals surface area contributed by atoms with Crippen molar-refractivity contribution in [2.24, 2.45) is 5.41 Å². The van der Waals surface area contributed by atoms with Crippen LogP contribution < -0.4 is 0 Å². The minimum Gasteiger partial charge on any atom is -0.342 e. The highest BCUT2D eigenvalue weighted by atomic mass is 19.2. The standard InChI is InChI=1S/C21H29F2N3O2/c22-18-5-1-4-17(20(18)23)14-24-9-2-7-21(15-24)8-12-25(16-21)19(27)6-11-26-10-3-13-28-26/h1,4-5H,2-3,6-16H2. The van der Waals surface area contributed by atoms with E-state index in [1.54, 1.807) is 12.1 Å². The molecule has 1 aromatic rings. The predicted octanol–water partition coefficient (Wildman–Crippen LogP) is 2.81. The van der Waals surface area contributed by atoms with Gasteiger partial charge in [0.25, 0.3) is 0 Å². The summed E-state index contributed by atoms with van der Waals surface area (Å²) in [5.41, 5.74) is 0.496. The minimum absolute atomic E-state index is 0.0852. The van der Waals surface area contributed by atoms with Crippen molar-refractivity contribution in [3.63, 3.8) is 0 Å². The smallest absolute Gasteiger partial charge is 0.223 e. The lowest BCUT2D eigenvalue weighted by molar-refractivity contribution is -0.138. The maximum atomic E-state index is 14.0. The zero-order valence-electron chi connectivity index (χ0n) is 16.3. The number of benzene rings is 1. The van der Waals surface area contributed by atoms with Crippen LogP contribution in [0.4, 0.5) is 8.78 Å². The van der Waals surface area contributed by atoms with Gasteiger partial charge in [-0.05, 0) is 38.3 Å². The molecule has 0 N–H and O–H groups in total. The zero-order chi connectivity index (χ0) is 19.6. The number of carbonyl (C=O) groups is 1. The van der Waals surface area contributed by atoms with Crippen LogP contribution >= 0.6 is 0 Å². The van der Waals surface area contributed by atoms with Gasteiger partial charge in [-0.1, -0.05) is 12.1 Å². The number of hydrogen-bond donors (Lipinski definition) is 0. The van der Waals surface area contributed by atoms with Crippen LogP contribution in [0.25, 0.3) is 0 Å². The van der Waals surface area contributed by atoms with E-state index in [9.17, 15) is 13.6 Å². The van der Waals surface area contributed by atoms with Crippen molar-refractivity contribution < 1.29 is 18.4 Å². The molecule has 0 aliphatic carbocycles. The first-order chi connectivity index (χ1) is 13.5. The molecule has 0 radical (unpaired) electrons. The summed E-state index contributed by atoms with van der Waals surface area (Å²) >= 11 is 0. The quantitative estimate of drug-likeness (QED) is 0.771. The number of hydrogen-bond acceptors (Lipinski definition) is 4. The maximum absolute atomic E-state index is 14.0. The Labute approximate surface area is 165 Å². The van der Waals surface area contributed by atoms with E-state index in [-0.39, 0.29) is 11.3 Å². The van der Waals surface area contributed by atoms with Gasteiger partial charge >= 0.3 is 0 Å². The van der Waals surface area contributed by atoms with Crippen LogP contribution in [0.15, 0.2) is 18.2 Å². The average molecular weight is 393 g/mol. The van der Waals surface area contributed by atoms with Gasteiger partial charge in [0.15, 0.2) is 11.6 Å². The largest absolute Gasteiger partial charge is 0.342 e. The highest BCUT2D eigenvalue weighted by Crippen LogP contribution is 2.39. The topological polar surface area (TPSA) is 36.0 Å². The summed E-state index contributed by atoms with van der Waals surface area (Å²) in [6, 6.07) is 4.38. The Bertz CT molecular complexity index is 711. The second-order valence-corrected chi connectivity index (χ2v) is 8.46. The summed E-state index contributed by atoms with van der Waals surface area (Å²) in [6.45, 7) is 6.03. The van der Waals surface area contributed by atoms with Gasteiger partial charge < -0.3 is 4.90 Å². The SMILES string of the molecule is O=C(CCN1CCCO1)N1CCC2(CCCN(Cc3cccc(F)c3F)C2)C1. The lowest BCUT2D eigenvalue weighted by Gasteiger charge is -2.40. The molecule has 1 atom stereocenters. The number of rotatable bonds is 5. The van der Waals surface area contributed by atoms with Crippen LogP contribution in [0.2, 0.25) is 0 Å². The fourth-order valence-corrected chi connectivity index (χ4v) is 4.89. The Morgan fingerprint density at radius 1 is 1.11 bits per heavy atom. The molecule has 4 rings (SSSR count). The molecule has 1 spiro atoms. The third-order valence-electron chi connectivity index (χ3n) is 6.36. The van der Waals surface area contributed by atoms with E-state index in [4.69, 9.17) is 4.84 Å². The van der Waals surface area contributed by atoms with E-state index in [1.807, 2.05) is 9.96 Å². The summed E-state index contributed by atoms with van der Waals surface area (Å²) in [5.74, 6) is -1.33. The van der Waals surface area contributed by atoms with E-state index in [0.717, 1.165) is 71.1 Å². The molecule has 5 nitrogen and oxygen atoms in total. The third kappa shape index (κ3) is 4.36. The van der Waals surface area contributed by atoms with Crippen LogP contribution in [0.3, 0.4) is 0 Å². The maximum Gasteiger partial charge on any atom is 0.223 e. The summed E-state index contributed by atoms with van der Waals surface area (Å²) < 4.78 is 27.5. The third-order valence-corrected chi connectivity index (χ3v) is 6.36. The molecule has 3 heterocycles. The number of halogens is 2. The van der Waals surface area contributed by atoms with Gasteiger partial charge in [0, 0.05) is 56.7 Å². The molecule has 7 heteroatoms. The van der Waals surface area contributed by atoms with Gasteiger partial charge in [-0.3, -0.25) is 14.5 Å². The lowest BCUT2D eigenvalue weighted by Crippen LogP contribution is -2.45. The van der Waals surface area contributed by atoms with E-state index < -0.39 is 11.6 Å². The van der Waals surface area contributed by atoms with E-state index in [2.05, 4.69) is 4.90 Å². The van der Waals surface area contributed by atoms with Crippen molar-refractivity contribution in [3.05, 3.63) is 35.4 Å². The van der Waals surface area contributed by atoms with Gasteiger partial charge in [-0.15, -0.1) is 0 Å². The van der Waals surface area contributed by atoms with E-state index in [1.165, 1.54) is 0 Å². The predicted molar refractivity (Wildman–Crippen MR) is 101 cm³/mol. The van der Waals surface area contributed by atoms with Gasteiger partial charge in [0.1, 0.15) is 0 Å². The normalized spacial score (nSPS) is 26.4. The Kier molecular flexibility index (Phi) is 5.94. The molecular formula is C21H29F2N3O2. The molecule has 0 aromatic heterocycles. The highest BCUT2D eigenvalue weighted by Gasteiger charge is 2.42. The molecule has 3 aliphatic rings. The average Bonchev–Trinajstić information content (AvgIpc) is 3.34. The first-order valence-electron chi connectivity index (χ1n) is 10.4. The molecule has 0 bridgehead atoms. The molecule has 3 saturated heterocycles. The second kappa shape index (κ2) is 8.43. The van der Waals surface area contributed by atoms with Crippen LogP contribution in [0.1, 0.15) is 37.7 Å². The van der Waals surface area contributed by atoms with Gasteiger partial charge in [0.05, 0.1) is 6.61 Å². The zero-order valence-corrected chi connectivity index (χ0v) is 16.3. The van der Waals surface area contributed by atoms with Crippen molar-refractivity contribution >= 4 is 5.91 Å². The van der Waals surface area contributed by atoms with Gasteiger partial charge in [0.2, 0.25) is 5.91 Å². The Hall–Kier alpha value is -1.57. The first kappa shape index (κ1) is 19.7. The molecule has 3 aliphatic heterocycles. The number of hydroxylamine groups is 2. The highest BCUT2D eigenvalue weighted by molar-refractivity contribution is 5.76. The van der Waals surface area contributed by atoms with Crippen molar-refractivity contribution in [3.8, 4) is 0 Å². The Morgan fingerprint density at radius 2 is 2.00 bits per heavy atom. The van der Waals surface area contributed by atoms with E-state index in [0.29, 0.717) is 25.1 Å². The minimum atomic E-state index is -0.788. The fraction of sp³-hybridized carbons (Fsp3) is 0.667. The molecule has 1 aromatic carbocycles. The Balaban J connectivity index is 1.32.